The Balaban J connectivity index is 1.87. The Morgan fingerprint density at radius 1 is 1.26 bits per heavy atom. The Hall–Kier alpha value is -2.15. The zero-order valence-corrected chi connectivity index (χ0v) is 14.4. The second-order valence-electron chi connectivity index (χ2n) is 4.97. The highest BCUT2D eigenvalue weighted by atomic mass is 32.1. The molecular formula is C16H21N3O3S. The molecule has 124 valence electrons. The first-order valence-corrected chi connectivity index (χ1v) is 8.38. The van der Waals surface area contributed by atoms with E-state index >= 15 is 0 Å². The molecule has 0 spiro atoms. The number of ether oxygens (including phenoxy) is 2. The molecule has 1 aromatic carbocycles. The van der Waals surface area contributed by atoms with Crippen molar-refractivity contribution in [3.05, 3.63) is 29.3 Å². The van der Waals surface area contributed by atoms with Gasteiger partial charge in [-0.25, -0.2) is 0 Å². The van der Waals surface area contributed by atoms with Crippen LogP contribution in [0.4, 0.5) is 5.13 Å². The first kappa shape index (κ1) is 17.2. The predicted octanol–water partition coefficient (Wildman–Crippen LogP) is 3.47. The van der Waals surface area contributed by atoms with Crippen LogP contribution in [-0.2, 0) is 4.79 Å². The molecule has 0 aliphatic rings. The van der Waals surface area contributed by atoms with Gasteiger partial charge in [0.1, 0.15) is 16.5 Å². The molecular weight excluding hydrogens is 314 g/mol. The van der Waals surface area contributed by atoms with Crippen molar-refractivity contribution >= 4 is 22.4 Å². The van der Waals surface area contributed by atoms with E-state index in [0.29, 0.717) is 22.5 Å². The normalized spacial score (nSPS) is 10.6. The highest BCUT2D eigenvalue weighted by Crippen LogP contribution is 2.28. The number of hydrogen-bond donors (Lipinski definition) is 1. The molecule has 1 N–H and O–H groups in total. The quantitative estimate of drug-likeness (QED) is 0.799. The molecule has 1 aromatic heterocycles. The van der Waals surface area contributed by atoms with E-state index in [-0.39, 0.29) is 12.5 Å². The maximum atomic E-state index is 11.9. The molecule has 0 atom stereocenters. The van der Waals surface area contributed by atoms with Crippen LogP contribution in [0.5, 0.6) is 11.5 Å². The van der Waals surface area contributed by atoms with Crippen molar-refractivity contribution in [2.24, 2.45) is 0 Å². The molecule has 1 amide bonds. The zero-order chi connectivity index (χ0) is 16.7. The van der Waals surface area contributed by atoms with Gasteiger partial charge < -0.3 is 9.47 Å². The van der Waals surface area contributed by atoms with Gasteiger partial charge in [-0.15, -0.1) is 10.2 Å². The first-order valence-electron chi connectivity index (χ1n) is 7.56. The van der Waals surface area contributed by atoms with Gasteiger partial charge in [-0.1, -0.05) is 31.3 Å². The summed E-state index contributed by atoms with van der Waals surface area (Å²) in [6.45, 7) is 4.15. The Bertz CT molecular complexity index is 641. The van der Waals surface area contributed by atoms with Crippen molar-refractivity contribution < 1.29 is 14.3 Å². The van der Waals surface area contributed by atoms with Crippen LogP contribution < -0.4 is 14.8 Å². The molecule has 0 bridgehead atoms. The van der Waals surface area contributed by atoms with E-state index in [4.69, 9.17) is 9.47 Å². The summed E-state index contributed by atoms with van der Waals surface area (Å²) < 4.78 is 10.6. The van der Waals surface area contributed by atoms with Crippen molar-refractivity contribution in [1.82, 2.24) is 10.2 Å². The Morgan fingerprint density at radius 2 is 2.00 bits per heavy atom. The van der Waals surface area contributed by atoms with Crippen LogP contribution in [0.3, 0.4) is 0 Å². The lowest BCUT2D eigenvalue weighted by Crippen LogP contribution is -2.20. The van der Waals surface area contributed by atoms with E-state index in [1.54, 1.807) is 25.3 Å². The van der Waals surface area contributed by atoms with Crippen LogP contribution in [-0.4, -0.2) is 29.8 Å². The minimum atomic E-state index is -0.264. The fourth-order valence-corrected chi connectivity index (χ4v) is 3.11. The van der Waals surface area contributed by atoms with Crippen molar-refractivity contribution in [2.45, 2.75) is 32.6 Å². The monoisotopic (exact) mass is 335 g/mol. The largest absolute Gasteiger partial charge is 0.497 e. The number of nitrogens with one attached hydrogen (secondary N) is 1. The van der Waals surface area contributed by atoms with Gasteiger partial charge in [-0.05, 0) is 25.0 Å². The van der Waals surface area contributed by atoms with Gasteiger partial charge in [0, 0.05) is 12.0 Å². The standard InChI is InChI=1S/C16H21N3O3S/c1-4-11(5-2)15-18-19-16(23-15)17-14(20)10-22-13-8-6-7-12(9-13)21-3/h6-9,11H,4-5,10H2,1-3H3,(H,17,19,20). The van der Waals surface area contributed by atoms with E-state index < -0.39 is 0 Å². The van der Waals surface area contributed by atoms with Crippen molar-refractivity contribution in [2.75, 3.05) is 19.0 Å². The highest BCUT2D eigenvalue weighted by Gasteiger charge is 2.14. The maximum Gasteiger partial charge on any atom is 0.264 e. The van der Waals surface area contributed by atoms with Crippen molar-refractivity contribution in [1.29, 1.82) is 0 Å². The van der Waals surface area contributed by atoms with Crippen LogP contribution in [0, 0.1) is 0 Å². The predicted molar refractivity (Wildman–Crippen MR) is 90.4 cm³/mol. The highest BCUT2D eigenvalue weighted by molar-refractivity contribution is 7.15. The number of hydrogen-bond acceptors (Lipinski definition) is 6. The van der Waals surface area contributed by atoms with Gasteiger partial charge in [-0.3, -0.25) is 10.1 Å². The van der Waals surface area contributed by atoms with Crippen LogP contribution in [0.15, 0.2) is 24.3 Å². The fraction of sp³-hybridized carbons (Fsp3) is 0.438. The van der Waals surface area contributed by atoms with E-state index in [1.165, 1.54) is 11.3 Å². The summed E-state index contributed by atoms with van der Waals surface area (Å²) in [5.41, 5.74) is 0. The number of anilines is 1. The summed E-state index contributed by atoms with van der Waals surface area (Å²) in [6, 6.07) is 7.11. The van der Waals surface area contributed by atoms with E-state index in [9.17, 15) is 4.79 Å². The number of methoxy groups -OCH3 is 1. The molecule has 7 heteroatoms. The van der Waals surface area contributed by atoms with E-state index in [0.717, 1.165) is 17.8 Å². The average Bonchev–Trinajstić information content (AvgIpc) is 3.02. The second-order valence-corrected chi connectivity index (χ2v) is 5.98. The molecule has 0 fully saturated rings. The summed E-state index contributed by atoms with van der Waals surface area (Å²) in [6.07, 6.45) is 2.02. The summed E-state index contributed by atoms with van der Waals surface area (Å²) >= 11 is 1.42. The summed E-state index contributed by atoms with van der Waals surface area (Å²) in [4.78, 5) is 11.9. The number of nitrogens with zero attached hydrogens (tertiary/aromatic N) is 2. The molecule has 2 rings (SSSR count). The number of rotatable bonds is 8. The van der Waals surface area contributed by atoms with Crippen molar-refractivity contribution in [3.8, 4) is 11.5 Å². The average molecular weight is 335 g/mol. The smallest absolute Gasteiger partial charge is 0.264 e. The molecule has 0 saturated carbocycles. The third-order valence-corrected chi connectivity index (χ3v) is 4.43. The van der Waals surface area contributed by atoms with Crippen LogP contribution in [0.1, 0.15) is 37.6 Å². The summed E-state index contributed by atoms with van der Waals surface area (Å²) in [5.74, 6) is 1.39. The van der Waals surface area contributed by atoms with Gasteiger partial charge in [0.15, 0.2) is 6.61 Å². The zero-order valence-electron chi connectivity index (χ0n) is 13.5. The lowest BCUT2D eigenvalue weighted by atomic mass is 10.1. The Kier molecular flexibility index (Phi) is 6.34. The topological polar surface area (TPSA) is 73.3 Å². The van der Waals surface area contributed by atoms with Gasteiger partial charge in [-0.2, -0.15) is 0 Å². The van der Waals surface area contributed by atoms with Crippen LogP contribution >= 0.6 is 11.3 Å². The molecule has 1 heterocycles. The minimum Gasteiger partial charge on any atom is -0.497 e. The van der Waals surface area contributed by atoms with Gasteiger partial charge in [0.25, 0.3) is 5.91 Å². The molecule has 0 saturated heterocycles. The van der Waals surface area contributed by atoms with Crippen molar-refractivity contribution in [3.63, 3.8) is 0 Å². The Morgan fingerprint density at radius 3 is 2.70 bits per heavy atom. The minimum absolute atomic E-state index is 0.0902. The third kappa shape index (κ3) is 4.92. The first-order chi connectivity index (χ1) is 11.2. The summed E-state index contributed by atoms with van der Waals surface area (Å²) in [7, 11) is 1.58. The Labute approximate surface area is 139 Å². The maximum absolute atomic E-state index is 11.9. The third-order valence-electron chi connectivity index (χ3n) is 3.43. The van der Waals surface area contributed by atoms with Gasteiger partial charge >= 0.3 is 0 Å². The molecule has 6 nitrogen and oxygen atoms in total. The van der Waals surface area contributed by atoms with E-state index in [1.807, 2.05) is 6.07 Å². The van der Waals surface area contributed by atoms with Gasteiger partial charge in [0.2, 0.25) is 5.13 Å². The van der Waals surface area contributed by atoms with Crippen LogP contribution in [0.2, 0.25) is 0 Å². The SMILES string of the molecule is CCC(CC)c1nnc(NC(=O)COc2cccc(OC)c2)s1. The number of carbonyl (C=O) groups is 1. The lowest BCUT2D eigenvalue weighted by Gasteiger charge is -2.07. The molecule has 0 unspecified atom stereocenters. The number of benzene rings is 1. The molecule has 0 radical (unpaired) electrons. The van der Waals surface area contributed by atoms with Gasteiger partial charge in [0.05, 0.1) is 7.11 Å². The molecule has 0 aliphatic heterocycles. The van der Waals surface area contributed by atoms with E-state index in [2.05, 4.69) is 29.4 Å². The number of carbonyl (C=O) groups excluding carboxylic acids is 1. The molecule has 0 aliphatic carbocycles. The lowest BCUT2D eigenvalue weighted by molar-refractivity contribution is -0.118. The second kappa shape index (κ2) is 8.47. The number of aromatic nitrogens is 2. The number of amides is 1. The van der Waals surface area contributed by atoms with Crippen LogP contribution in [0.25, 0.3) is 0 Å². The summed E-state index contributed by atoms with van der Waals surface area (Å²) in [5, 5.41) is 12.3. The fourth-order valence-electron chi connectivity index (χ4n) is 2.08. The molecule has 23 heavy (non-hydrogen) atoms. The molecule has 2 aromatic rings.